The van der Waals surface area contributed by atoms with Gasteiger partial charge in [-0.2, -0.15) is 0 Å². The van der Waals surface area contributed by atoms with Gasteiger partial charge < -0.3 is 5.32 Å². The van der Waals surface area contributed by atoms with Crippen LogP contribution in [-0.2, 0) is 4.79 Å². The van der Waals surface area contributed by atoms with E-state index in [1.807, 2.05) is 41.8 Å². The summed E-state index contributed by atoms with van der Waals surface area (Å²) in [7, 11) is 0. The number of rotatable bonds is 7. The number of carbonyl (C=O) groups excluding carboxylic acids is 2. The fourth-order valence-corrected chi connectivity index (χ4v) is 4.74. The standard InChI is InChI=1S/C24H17ClN2O2S2/c25-18-11-12-20(19(13-18)23(29)17-9-5-2-6-10-17)26-22(28)15-31-24-27-21(14-30-24)16-7-3-1-4-8-16/h1-14H,15H2,(H,26,28). The van der Waals surface area contributed by atoms with E-state index >= 15 is 0 Å². The predicted molar refractivity (Wildman–Crippen MR) is 128 cm³/mol. The van der Waals surface area contributed by atoms with Gasteiger partial charge in [0.25, 0.3) is 0 Å². The van der Waals surface area contributed by atoms with Gasteiger partial charge in [-0.3, -0.25) is 9.59 Å². The summed E-state index contributed by atoms with van der Waals surface area (Å²) in [5.74, 6) is -0.229. The van der Waals surface area contributed by atoms with E-state index in [4.69, 9.17) is 11.6 Å². The summed E-state index contributed by atoms with van der Waals surface area (Å²) in [6, 6.07) is 23.7. The van der Waals surface area contributed by atoms with Crippen molar-refractivity contribution in [2.75, 3.05) is 11.1 Å². The molecule has 4 rings (SSSR count). The van der Waals surface area contributed by atoms with E-state index in [0.717, 1.165) is 15.6 Å². The Labute approximate surface area is 193 Å². The van der Waals surface area contributed by atoms with E-state index in [1.54, 1.807) is 42.5 Å². The molecule has 0 saturated heterocycles. The van der Waals surface area contributed by atoms with Crippen LogP contribution in [0.15, 0.2) is 88.6 Å². The number of nitrogens with zero attached hydrogens (tertiary/aromatic N) is 1. The maximum Gasteiger partial charge on any atom is 0.234 e. The molecule has 0 aliphatic heterocycles. The van der Waals surface area contributed by atoms with Crippen molar-refractivity contribution >= 4 is 52.1 Å². The Hall–Kier alpha value is -2.93. The number of amides is 1. The number of ketones is 1. The van der Waals surface area contributed by atoms with Crippen molar-refractivity contribution in [1.29, 1.82) is 0 Å². The molecule has 0 unspecified atom stereocenters. The first kappa shape index (κ1) is 21.3. The normalized spacial score (nSPS) is 10.6. The lowest BCUT2D eigenvalue weighted by atomic mass is 10.0. The summed E-state index contributed by atoms with van der Waals surface area (Å²) in [6.07, 6.45) is 0. The number of aromatic nitrogens is 1. The number of hydrogen-bond donors (Lipinski definition) is 1. The van der Waals surface area contributed by atoms with Gasteiger partial charge in [-0.25, -0.2) is 4.98 Å². The zero-order valence-electron chi connectivity index (χ0n) is 16.2. The van der Waals surface area contributed by atoms with Crippen molar-refractivity contribution in [2.45, 2.75) is 4.34 Å². The molecule has 0 radical (unpaired) electrons. The highest BCUT2D eigenvalue weighted by molar-refractivity contribution is 8.01. The number of thiazole rings is 1. The van der Waals surface area contributed by atoms with Crippen LogP contribution in [0.5, 0.6) is 0 Å². The zero-order chi connectivity index (χ0) is 21.6. The third-order valence-electron chi connectivity index (χ3n) is 4.42. The van der Waals surface area contributed by atoms with E-state index in [-0.39, 0.29) is 17.4 Å². The molecule has 1 amide bonds. The van der Waals surface area contributed by atoms with Crippen LogP contribution < -0.4 is 5.32 Å². The van der Waals surface area contributed by atoms with Crippen LogP contribution in [0.4, 0.5) is 5.69 Å². The molecular formula is C24H17ClN2O2S2. The average molecular weight is 465 g/mol. The summed E-state index contributed by atoms with van der Waals surface area (Å²) in [4.78, 5) is 30.0. The summed E-state index contributed by atoms with van der Waals surface area (Å²) in [6.45, 7) is 0. The molecule has 31 heavy (non-hydrogen) atoms. The first-order chi connectivity index (χ1) is 15.1. The van der Waals surface area contributed by atoms with Crippen molar-refractivity contribution in [3.8, 4) is 11.3 Å². The van der Waals surface area contributed by atoms with E-state index < -0.39 is 0 Å². The smallest absolute Gasteiger partial charge is 0.234 e. The number of halogens is 1. The fraction of sp³-hybridized carbons (Fsp3) is 0.0417. The number of nitrogens with one attached hydrogen (secondary N) is 1. The van der Waals surface area contributed by atoms with Crippen molar-refractivity contribution in [2.24, 2.45) is 0 Å². The van der Waals surface area contributed by atoms with E-state index in [2.05, 4.69) is 10.3 Å². The number of hydrogen-bond acceptors (Lipinski definition) is 5. The molecule has 0 spiro atoms. The zero-order valence-corrected chi connectivity index (χ0v) is 18.6. The van der Waals surface area contributed by atoms with Crippen LogP contribution in [0.25, 0.3) is 11.3 Å². The Kier molecular flexibility index (Phi) is 6.82. The van der Waals surface area contributed by atoms with Crippen molar-refractivity contribution < 1.29 is 9.59 Å². The van der Waals surface area contributed by atoms with E-state index in [9.17, 15) is 9.59 Å². The second-order valence-electron chi connectivity index (χ2n) is 6.59. The molecule has 1 N–H and O–H groups in total. The monoisotopic (exact) mass is 464 g/mol. The molecule has 0 saturated carbocycles. The second-order valence-corrected chi connectivity index (χ2v) is 9.10. The highest BCUT2D eigenvalue weighted by atomic mass is 35.5. The molecule has 1 aromatic heterocycles. The molecule has 3 aromatic carbocycles. The lowest BCUT2D eigenvalue weighted by Crippen LogP contribution is -2.17. The molecule has 0 fully saturated rings. The maximum atomic E-state index is 12.9. The number of benzene rings is 3. The summed E-state index contributed by atoms with van der Waals surface area (Å²) in [5.41, 5.74) is 3.26. The van der Waals surface area contributed by atoms with Gasteiger partial charge in [-0.15, -0.1) is 11.3 Å². The molecule has 4 aromatic rings. The molecular weight excluding hydrogens is 448 g/mol. The Bertz CT molecular complexity index is 1210. The average Bonchev–Trinajstić information content (AvgIpc) is 3.29. The molecule has 154 valence electrons. The predicted octanol–water partition coefficient (Wildman–Crippen LogP) is 6.43. The van der Waals surface area contributed by atoms with E-state index in [0.29, 0.717) is 21.8 Å². The Morgan fingerprint density at radius 1 is 0.968 bits per heavy atom. The van der Waals surface area contributed by atoms with Gasteiger partial charge in [-0.1, -0.05) is 84.0 Å². The molecule has 7 heteroatoms. The van der Waals surface area contributed by atoms with Crippen molar-refractivity contribution in [1.82, 2.24) is 4.98 Å². The molecule has 4 nitrogen and oxygen atoms in total. The first-order valence-electron chi connectivity index (χ1n) is 9.43. The Morgan fingerprint density at radius 2 is 1.68 bits per heavy atom. The molecule has 0 aliphatic rings. The SMILES string of the molecule is O=C(CSc1nc(-c2ccccc2)cs1)Nc1ccc(Cl)cc1C(=O)c1ccccc1. The number of anilines is 1. The van der Waals surface area contributed by atoms with Crippen molar-refractivity contribution in [3.63, 3.8) is 0 Å². The lowest BCUT2D eigenvalue weighted by molar-refractivity contribution is -0.113. The Morgan fingerprint density at radius 3 is 2.42 bits per heavy atom. The van der Waals surface area contributed by atoms with Crippen LogP contribution in [0.1, 0.15) is 15.9 Å². The van der Waals surface area contributed by atoms with Gasteiger partial charge in [-0.05, 0) is 18.2 Å². The maximum absolute atomic E-state index is 12.9. The summed E-state index contributed by atoms with van der Waals surface area (Å²) in [5, 5.41) is 5.25. The summed E-state index contributed by atoms with van der Waals surface area (Å²) >= 11 is 8.96. The minimum atomic E-state index is -0.217. The van der Waals surface area contributed by atoms with Crippen molar-refractivity contribution in [3.05, 3.63) is 100 Å². The van der Waals surface area contributed by atoms with Gasteiger partial charge in [0.05, 0.1) is 17.1 Å². The van der Waals surface area contributed by atoms with Crippen LogP contribution in [-0.4, -0.2) is 22.4 Å². The third-order valence-corrected chi connectivity index (χ3v) is 6.67. The highest BCUT2D eigenvalue weighted by Crippen LogP contribution is 2.29. The number of carbonyl (C=O) groups is 2. The number of thioether (sulfide) groups is 1. The van der Waals surface area contributed by atoms with Gasteiger partial charge >= 0.3 is 0 Å². The van der Waals surface area contributed by atoms with Gasteiger partial charge in [0.2, 0.25) is 5.91 Å². The highest BCUT2D eigenvalue weighted by Gasteiger charge is 2.16. The quantitative estimate of drug-likeness (QED) is 0.253. The minimum absolute atomic E-state index is 0.184. The minimum Gasteiger partial charge on any atom is -0.325 e. The third kappa shape index (κ3) is 5.41. The van der Waals surface area contributed by atoms with Crippen LogP contribution in [0.3, 0.4) is 0 Å². The Balaban J connectivity index is 1.43. The molecule has 0 atom stereocenters. The van der Waals surface area contributed by atoms with Gasteiger partial charge in [0.1, 0.15) is 0 Å². The largest absolute Gasteiger partial charge is 0.325 e. The van der Waals surface area contributed by atoms with Gasteiger partial charge in [0.15, 0.2) is 10.1 Å². The lowest BCUT2D eigenvalue weighted by Gasteiger charge is -2.11. The topological polar surface area (TPSA) is 59.1 Å². The fourth-order valence-electron chi connectivity index (χ4n) is 2.94. The molecule has 1 heterocycles. The molecule has 0 bridgehead atoms. The van der Waals surface area contributed by atoms with Crippen LogP contribution in [0, 0.1) is 0 Å². The first-order valence-corrected chi connectivity index (χ1v) is 11.7. The second kappa shape index (κ2) is 9.92. The molecule has 0 aliphatic carbocycles. The summed E-state index contributed by atoms with van der Waals surface area (Å²) < 4.78 is 0.811. The van der Waals surface area contributed by atoms with E-state index in [1.165, 1.54) is 23.1 Å². The van der Waals surface area contributed by atoms with Crippen LogP contribution >= 0.6 is 34.7 Å². The van der Waals surface area contributed by atoms with Gasteiger partial charge in [0, 0.05) is 27.1 Å². The van der Waals surface area contributed by atoms with Crippen LogP contribution in [0.2, 0.25) is 5.02 Å².